The molecule has 1 aromatic heterocycles. The van der Waals surface area contributed by atoms with E-state index in [4.69, 9.17) is 4.98 Å². The minimum atomic E-state index is -1.08. The minimum Gasteiger partial charge on any atom is -0.508 e. The van der Waals surface area contributed by atoms with E-state index in [2.05, 4.69) is 35.3 Å². The maximum Gasteiger partial charge on any atom is 0.246 e. The van der Waals surface area contributed by atoms with Crippen molar-refractivity contribution in [1.29, 1.82) is 0 Å². The number of hydrogen-bond donors (Lipinski definition) is 1. The van der Waals surface area contributed by atoms with Gasteiger partial charge in [-0.2, -0.15) is 0 Å². The summed E-state index contributed by atoms with van der Waals surface area (Å²) in [5.74, 6) is -0.934. The normalized spacial score (nSPS) is 23.3. The molecule has 12 nitrogen and oxygen atoms in total. The number of aromatic hydroxyl groups is 1. The van der Waals surface area contributed by atoms with Crippen LogP contribution in [0.2, 0.25) is 0 Å². The molecule has 13 heteroatoms. The highest BCUT2D eigenvalue weighted by Crippen LogP contribution is 2.31. The number of nitrogens with zero attached hydrogens (tertiary/aromatic N) is 8. The van der Waals surface area contributed by atoms with Crippen molar-refractivity contribution in [2.45, 2.75) is 57.0 Å². The highest BCUT2D eigenvalue weighted by Gasteiger charge is 2.51. The van der Waals surface area contributed by atoms with Crippen LogP contribution in [0.4, 0.5) is 10.2 Å². The van der Waals surface area contributed by atoms with Gasteiger partial charge >= 0.3 is 0 Å². The van der Waals surface area contributed by atoms with E-state index in [9.17, 15) is 19.5 Å². The summed E-state index contributed by atoms with van der Waals surface area (Å²) in [5, 5.41) is 13.2. The molecule has 2 unspecified atom stereocenters. The first-order valence-electron chi connectivity index (χ1n) is 18.5. The molecule has 4 aliphatic rings. The predicted molar refractivity (Wildman–Crippen MR) is 199 cm³/mol. The Morgan fingerprint density at radius 2 is 1.81 bits per heavy atom. The van der Waals surface area contributed by atoms with Gasteiger partial charge in [-0.3, -0.25) is 19.3 Å². The summed E-state index contributed by atoms with van der Waals surface area (Å²) < 4.78 is 15.2. The van der Waals surface area contributed by atoms with Gasteiger partial charge in [0.15, 0.2) is 0 Å². The van der Waals surface area contributed by atoms with Crippen LogP contribution in [0, 0.1) is 5.82 Å². The molecule has 0 bridgehead atoms. The van der Waals surface area contributed by atoms with E-state index >= 15 is 4.39 Å². The lowest BCUT2D eigenvalue weighted by atomic mass is 9.97. The molecule has 4 aliphatic heterocycles. The SMILES string of the molecule is C=CCN1CC(=O)N2C(CN(Cc3cccc(N4CC(N5CCN(C)CC5C)C4)n3)C(=O)[C@@H]2Cc2ccc(O)cc2F)N1C(=O)CCc1ccccc1. The number of aryl methyl sites for hydroxylation is 1. The molecule has 4 fully saturated rings. The summed E-state index contributed by atoms with van der Waals surface area (Å²) >= 11 is 0. The third-order valence-corrected chi connectivity index (χ3v) is 11.0. The van der Waals surface area contributed by atoms with Gasteiger partial charge in [-0.1, -0.05) is 48.5 Å². The Hall–Kier alpha value is -4.85. The highest BCUT2D eigenvalue weighted by molar-refractivity contribution is 5.92. The first-order chi connectivity index (χ1) is 25.6. The molecular formula is C40H49FN8O4. The molecule has 4 saturated heterocycles. The zero-order valence-electron chi connectivity index (χ0n) is 30.6. The third-order valence-electron chi connectivity index (χ3n) is 11.0. The molecule has 0 radical (unpaired) electrons. The average Bonchev–Trinajstić information content (AvgIpc) is 3.11. The molecule has 0 spiro atoms. The van der Waals surface area contributed by atoms with Crippen LogP contribution < -0.4 is 4.90 Å². The van der Waals surface area contributed by atoms with Crippen molar-refractivity contribution in [3.05, 3.63) is 102 Å². The largest absolute Gasteiger partial charge is 0.508 e. The Balaban J connectivity index is 1.15. The number of hydrogen-bond acceptors (Lipinski definition) is 9. The van der Waals surface area contributed by atoms with Gasteiger partial charge in [0.05, 0.1) is 25.3 Å². The Morgan fingerprint density at radius 3 is 2.55 bits per heavy atom. The summed E-state index contributed by atoms with van der Waals surface area (Å²) in [7, 11) is 2.17. The van der Waals surface area contributed by atoms with Crippen LogP contribution in [0.3, 0.4) is 0 Å². The first kappa shape index (κ1) is 36.5. The molecule has 3 aromatic rings. The number of fused-ring (bicyclic) bond motifs is 1. The number of halogens is 1. The minimum absolute atomic E-state index is 0.0584. The number of amides is 3. The predicted octanol–water partition coefficient (Wildman–Crippen LogP) is 2.74. The van der Waals surface area contributed by atoms with Crippen molar-refractivity contribution in [1.82, 2.24) is 34.6 Å². The van der Waals surface area contributed by atoms with E-state index in [1.54, 1.807) is 21.0 Å². The van der Waals surface area contributed by atoms with Crippen molar-refractivity contribution in [2.75, 3.05) is 64.3 Å². The number of aromatic nitrogens is 1. The number of phenols is 1. The van der Waals surface area contributed by atoms with Gasteiger partial charge in [-0.15, -0.1) is 6.58 Å². The second kappa shape index (κ2) is 15.6. The molecule has 0 aliphatic carbocycles. The van der Waals surface area contributed by atoms with Gasteiger partial charge in [0.25, 0.3) is 0 Å². The van der Waals surface area contributed by atoms with Crippen LogP contribution in [0.1, 0.15) is 30.2 Å². The lowest BCUT2D eigenvalue weighted by Gasteiger charge is -2.55. The molecule has 280 valence electrons. The van der Waals surface area contributed by atoms with Gasteiger partial charge in [-0.25, -0.2) is 19.4 Å². The van der Waals surface area contributed by atoms with E-state index in [0.717, 1.165) is 50.2 Å². The zero-order valence-corrected chi connectivity index (χ0v) is 30.6. The van der Waals surface area contributed by atoms with Crippen LogP contribution in [0.25, 0.3) is 0 Å². The number of anilines is 1. The first-order valence-corrected chi connectivity index (χ1v) is 18.5. The summed E-state index contributed by atoms with van der Waals surface area (Å²) in [6.07, 6.45) is 1.40. The fourth-order valence-electron chi connectivity index (χ4n) is 8.30. The summed E-state index contributed by atoms with van der Waals surface area (Å²) in [6, 6.07) is 19.2. The standard InChI is InChI=1S/C40H49FN8O4/c1-4-17-46-27-39(52)48-35(20-30-14-15-33(50)21-34(30)41)40(53)45(26-37(48)49(46)38(51)16-13-29-9-6-5-7-10-29)23-31-11-8-12-36(42-31)44-24-32(25-44)47-19-18-43(3)22-28(47)2/h4-12,14-15,21,28,32,35,37,50H,1,13,16-20,22-27H2,2-3H3/t28?,35-,37?/m0/s1. The lowest BCUT2D eigenvalue weighted by Crippen LogP contribution is -2.76. The zero-order chi connectivity index (χ0) is 37.2. The summed E-state index contributed by atoms with van der Waals surface area (Å²) in [6.45, 7) is 11.4. The maximum absolute atomic E-state index is 15.2. The topological polar surface area (TPSA) is 107 Å². The molecule has 5 heterocycles. The van der Waals surface area contributed by atoms with Crippen molar-refractivity contribution in [3.8, 4) is 5.75 Å². The summed E-state index contributed by atoms with van der Waals surface area (Å²) in [4.78, 5) is 57.8. The second-order valence-corrected chi connectivity index (χ2v) is 14.8. The maximum atomic E-state index is 15.2. The van der Waals surface area contributed by atoms with E-state index in [0.29, 0.717) is 24.2 Å². The lowest BCUT2D eigenvalue weighted by molar-refractivity contribution is -0.205. The number of carbonyl (C=O) groups excluding carboxylic acids is 3. The fourth-order valence-corrected chi connectivity index (χ4v) is 8.30. The quantitative estimate of drug-likeness (QED) is 0.299. The molecule has 7 rings (SSSR count). The van der Waals surface area contributed by atoms with Crippen molar-refractivity contribution in [2.24, 2.45) is 0 Å². The van der Waals surface area contributed by atoms with Crippen molar-refractivity contribution >= 4 is 23.5 Å². The molecule has 1 N–H and O–H groups in total. The van der Waals surface area contributed by atoms with Crippen molar-refractivity contribution in [3.63, 3.8) is 0 Å². The number of hydrazine groups is 1. The van der Waals surface area contributed by atoms with Crippen LogP contribution >= 0.6 is 0 Å². The van der Waals surface area contributed by atoms with Crippen LogP contribution in [0.5, 0.6) is 5.75 Å². The average molecular weight is 725 g/mol. The van der Waals surface area contributed by atoms with Gasteiger partial charge in [0.2, 0.25) is 17.7 Å². The molecule has 3 amide bonds. The number of piperazine rings is 2. The van der Waals surface area contributed by atoms with Gasteiger partial charge in [0.1, 0.15) is 29.6 Å². The van der Waals surface area contributed by atoms with Crippen LogP contribution in [-0.2, 0) is 33.8 Å². The number of phenolic OH excluding ortho intramolecular Hbond substituents is 1. The monoisotopic (exact) mass is 724 g/mol. The van der Waals surface area contributed by atoms with Gasteiger partial charge < -0.3 is 24.7 Å². The van der Waals surface area contributed by atoms with Crippen molar-refractivity contribution < 1.29 is 23.9 Å². The highest BCUT2D eigenvalue weighted by atomic mass is 19.1. The molecule has 3 atom stereocenters. The van der Waals surface area contributed by atoms with E-state index in [-0.39, 0.29) is 68.1 Å². The Labute approximate surface area is 310 Å². The molecule has 53 heavy (non-hydrogen) atoms. The number of carbonyl (C=O) groups is 3. The van der Waals surface area contributed by atoms with E-state index < -0.39 is 18.0 Å². The van der Waals surface area contributed by atoms with Gasteiger partial charge in [-0.05, 0) is 49.7 Å². The smallest absolute Gasteiger partial charge is 0.246 e. The number of likely N-dealkylation sites (N-methyl/N-ethyl adjacent to an activating group) is 1. The van der Waals surface area contributed by atoms with Gasteiger partial charge in [0, 0.05) is 70.3 Å². The Bertz CT molecular complexity index is 1820. The Kier molecular flexibility index (Phi) is 10.8. The fraction of sp³-hybridized carbons (Fsp3) is 0.450. The number of benzene rings is 2. The Morgan fingerprint density at radius 1 is 1.02 bits per heavy atom. The third kappa shape index (κ3) is 7.78. The van der Waals surface area contributed by atoms with Crippen LogP contribution in [-0.4, -0.2) is 141 Å². The number of rotatable bonds is 11. The summed E-state index contributed by atoms with van der Waals surface area (Å²) in [5.41, 5.74) is 1.88. The molecular weight excluding hydrogens is 675 g/mol. The molecule has 0 saturated carbocycles. The van der Waals surface area contributed by atoms with Crippen LogP contribution in [0.15, 0.2) is 79.4 Å². The second-order valence-electron chi connectivity index (χ2n) is 14.8. The molecule has 2 aromatic carbocycles. The van der Waals surface area contributed by atoms with E-state index in [1.165, 1.54) is 17.0 Å². The van der Waals surface area contributed by atoms with E-state index in [1.807, 2.05) is 48.5 Å². The number of pyridine rings is 1.